The minimum absolute atomic E-state index is 0.00144. The molecule has 7 nitrogen and oxygen atoms in total. The number of hydrogen-bond acceptors (Lipinski definition) is 4. The highest BCUT2D eigenvalue weighted by atomic mass is 19.1. The van der Waals surface area contributed by atoms with Crippen molar-refractivity contribution in [3.8, 4) is 0 Å². The van der Waals surface area contributed by atoms with Crippen molar-refractivity contribution >= 4 is 11.9 Å². The Labute approximate surface area is 161 Å². The standard InChI is InChI=1S/C20H22FN3O4/c21-14-5-1-12(2-6-14)10-20(19(27)28)11-24(8-7-17(20)25)18(26)16-9-15(22-23-16)13-3-4-13/h1-2,5-6,9,13,17,25H,3-4,7-8,10-11H2,(H,22,23)(H,27,28)/t17-,20+/m0/s1. The fraction of sp³-hybridized carbons (Fsp3) is 0.450. The lowest BCUT2D eigenvalue weighted by molar-refractivity contribution is -0.161. The van der Waals surface area contributed by atoms with Gasteiger partial charge in [0.05, 0.1) is 6.10 Å². The third kappa shape index (κ3) is 3.40. The number of carboxylic acids is 1. The van der Waals surface area contributed by atoms with E-state index in [2.05, 4.69) is 10.2 Å². The number of halogens is 1. The molecule has 2 atom stereocenters. The quantitative estimate of drug-likeness (QED) is 0.727. The first-order valence-corrected chi connectivity index (χ1v) is 9.39. The summed E-state index contributed by atoms with van der Waals surface area (Å²) in [6.07, 6.45) is 1.19. The minimum atomic E-state index is -1.55. The van der Waals surface area contributed by atoms with E-state index in [1.807, 2.05) is 0 Å². The van der Waals surface area contributed by atoms with Crippen molar-refractivity contribution in [1.29, 1.82) is 0 Å². The van der Waals surface area contributed by atoms with Crippen LogP contribution in [-0.4, -0.2) is 56.4 Å². The van der Waals surface area contributed by atoms with Gasteiger partial charge in [-0.05, 0) is 49.4 Å². The predicted molar refractivity (Wildman–Crippen MR) is 97.3 cm³/mol. The lowest BCUT2D eigenvalue weighted by atomic mass is 9.72. The van der Waals surface area contributed by atoms with E-state index in [1.54, 1.807) is 6.07 Å². The van der Waals surface area contributed by atoms with E-state index < -0.39 is 23.3 Å². The maximum absolute atomic E-state index is 13.2. The van der Waals surface area contributed by atoms with E-state index in [0.29, 0.717) is 11.5 Å². The maximum atomic E-state index is 13.2. The first kappa shape index (κ1) is 18.6. The molecule has 1 aromatic carbocycles. The number of H-pyrrole nitrogens is 1. The summed E-state index contributed by atoms with van der Waals surface area (Å²) in [5.74, 6) is -1.52. The Kier molecular flexibility index (Phi) is 4.66. The van der Waals surface area contributed by atoms with E-state index in [4.69, 9.17) is 0 Å². The second-order valence-corrected chi connectivity index (χ2v) is 7.78. The summed E-state index contributed by atoms with van der Waals surface area (Å²) in [4.78, 5) is 26.5. The first-order chi connectivity index (χ1) is 13.4. The van der Waals surface area contributed by atoms with Gasteiger partial charge in [-0.2, -0.15) is 5.10 Å². The number of likely N-dealkylation sites (tertiary alicyclic amines) is 1. The van der Waals surface area contributed by atoms with Crippen LogP contribution in [0.2, 0.25) is 0 Å². The number of aromatic nitrogens is 2. The Hall–Kier alpha value is -2.74. The van der Waals surface area contributed by atoms with Crippen molar-refractivity contribution in [3.63, 3.8) is 0 Å². The van der Waals surface area contributed by atoms with Gasteiger partial charge in [0, 0.05) is 24.7 Å². The number of aliphatic carboxylic acids is 1. The molecule has 0 spiro atoms. The van der Waals surface area contributed by atoms with Crippen LogP contribution >= 0.6 is 0 Å². The second kappa shape index (κ2) is 7.01. The lowest BCUT2D eigenvalue weighted by Gasteiger charge is -2.43. The molecule has 0 bridgehead atoms. The van der Waals surface area contributed by atoms with E-state index in [-0.39, 0.29) is 37.5 Å². The van der Waals surface area contributed by atoms with Gasteiger partial charge in [-0.1, -0.05) is 12.1 Å². The zero-order valence-electron chi connectivity index (χ0n) is 15.3. The van der Waals surface area contributed by atoms with E-state index in [0.717, 1.165) is 18.5 Å². The van der Waals surface area contributed by atoms with Crippen LogP contribution in [0.3, 0.4) is 0 Å². The summed E-state index contributed by atoms with van der Waals surface area (Å²) >= 11 is 0. The molecule has 8 heteroatoms. The summed E-state index contributed by atoms with van der Waals surface area (Å²) in [6, 6.07) is 7.25. The fourth-order valence-corrected chi connectivity index (χ4v) is 3.89. The summed E-state index contributed by atoms with van der Waals surface area (Å²) in [5.41, 5.74) is 0.227. The van der Waals surface area contributed by atoms with Crippen molar-refractivity contribution in [2.75, 3.05) is 13.1 Å². The number of aliphatic hydroxyl groups excluding tert-OH is 1. The molecule has 1 aromatic heterocycles. The molecule has 2 heterocycles. The number of carbonyl (C=O) groups excluding carboxylic acids is 1. The van der Waals surface area contributed by atoms with Crippen molar-refractivity contribution in [1.82, 2.24) is 15.1 Å². The number of benzene rings is 1. The first-order valence-electron chi connectivity index (χ1n) is 9.39. The van der Waals surface area contributed by atoms with Crippen LogP contribution in [-0.2, 0) is 11.2 Å². The molecule has 2 aliphatic rings. The molecular weight excluding hydrogens is 365 g/mol. The molecule has 0 unspecified atom stereocenters. The monoisotopic (exact) mass is 387 g/mol. The van der Waals surface area contributed by atoms with Gasteiger partial charge >= 0.3 is 5.97 Å². The highest BCUT2D eigenvalue weighted by molar-refractivity contribution is 5.93. The SMILES string of the molecule is O=C(c1cc(C2CC2)[nH]n1)N1CC[C@H](O)[C@](Cc2ccc(F)cc2)(C(=O)O)C1. The zero-order valence-corrected chi connectivity index (χ0v) is 15.3. The molecule has 4 rings (SSSR count). The molecule has 2 fully saturated rings. The van der Waals surface area contributed by atoms with Gasteiger partial charge < -0.3 is 15.1 Å². The molecule has 1 aliphatic heterocycles. The average Bonchev–Trinajstić information content (AvgIpc) is 3.41. The van der Waals surface area contributed by atoms with Crippen molar-refractivity contribution in [2.45, 2.75) is 37.7 Å². The maximum Gasteiger partial charge on any atom is 0.314 e. The number of aromatic amines is 1. The van der Waals surface area contributed by atoms with Crippen LogP contribution in [0.1, 0.15) is 46.9 Å². The molecule has 1 aliphatic carbocycles. The minimum Gasteiger partial charge on any atom is -0.481 e. The van der Waals surface area contributed by atoms with Gasteiger partial charge in [-0.25, -0.2) is 4.39 Å². The molecule has 1 saturated heterocycles. The Balaban J connectivity index is 1.57. The third-order valence-corrected chi connectivity index (χ3v) is 5.76. The number of carboxylic acid groups (broad SMARTS) is 1. The number of nitrogens with one attached hydrogen (secondary N) is 1. The van der Waals surface area contributed by atoms with Crippen LogP contribution in [0.4, 0.5) is 4.39 Å². The Morgan fingerprint density at radius 3 is 2.61 bits per heavy atom. The van der Waals surface area contributed by atoms with Gasteiger partial charge in [0.2, 0.25) is 0 Å². The average molecular weight is 387 g/mol. The van der Waals surface area contributed by atoms with Crippen LogP contribution in [0.25, 0.3) is 0 Å². The van der Waals surface area contributed by atoms with Gasteiger partial charge in [0.15, 0.2) is 0 Å². The molecule has 0 radical (unpaired) electrons. The summed E-state index contributed by atoms with van der Waals surface area (Å²) < 4.78 is 13.2. The Morgan fingerprint density at radius 2 is 1.96 bits per heavy atom. The predicted octanol–water partition coefficient (Wildman–Crippen LogP) is 1.95. The highest BCUT2D eigenvalue weighted by Gasteiger charge is 2.50. The van der Waals surface area contributed by atoms with Crippen LogP contribution < -0.4 is 0 Å². The molecule has 1 saturated carbocycles. The zero-order chi connectivity index (χ0) is 19.9. The molecular formula is C20H22FN3O4. The summed E-state index contributed by atoms with van der Waals surface area (Å²) in [6.45, 7) is 0.120. The number of nitrogens with zero attached hydrogens (tertiary/aromatic N) is 2. The third-order valence-electron chi connectivity index (χ3n) is 5.76. The molecule has 28 heavy (non-hydrogen) atoms. The van der Waals surface area contributed by atoms with E-state index in [9.17, 15) is 24.2 Å². The van der Waals surface area contributed by atoms with E-state index >= 15 is 0 Å². The van der Waals surface area contributed by atoms with Crippen LogP contribution in [0, 0.1) is 11.2 Å². The lowest BCUT2D eigenvalue weighted by Crippen LogP contribution is -2.58. The molecule has 148 valence electrons. The van der Waals surface area contributed by atoms with Gasteiger partial charge in [0.25, 0.3) is 5.91 Å². The largest absolute Gasteiger partial charge is 0.481 e. The number of aliphatic hydroxyl groups is 1. The molecule has 2 aromatic rings. The highest BCUT2D eigenvalue weighted by Crippen LogP contribution is 2.39. The number of rotatable bonds is 5. The van der Waals surface area contributed by atoms with Crippen molar-refractivity contribution in [2.24, 2.45) is 5.41 Å². The fourth-order valence-electron chi connectivity index (χ4n) is 3.89. The van der Waals surface area contributed by atoms with Gasteiger partial charge in [-0.3, -0.25) is 14.7 Å². The smallest absolute Gasteiger partial charge is 0.314 e. The topological polar surface area (TPSA) is 107 Å². The van der Waals surface area contributed by atoms with Crippen molar-refractivity contribution in [3.05, 3.63) is 53.1 Å². The second-order valence-electron chi connectivity index (χ2n) is 7.78. The Morgan fingerprint density at radius 1 is 1.25 bits per heavy atom. The van der Waals surface area contributed by atoms with Gasteiger partial charge in [0.1, 0.15) is 16.9 Å². The Bertz CT molecular complexity index is 893. The number of hydrogen-bond donors (Lipinski definition) is 3. The summed E-state index contributed by atoms with van der Waals surface area (Å²) in [5, 5.41) is 27.5. The number of carbonyl (C=O) groups is 2. The number of amides is 1. The van der Waals surface area contributed by atoms with Crippen LogP contribution in [0.5, 0.6) is 0 Å². The van der Waals surface area contributed by atoms with Crippen molar-refractivity contribution < 1.29 is 24.2 Å². The molecule has 3 N–H and O–H groups in total. The molecule has 1 amide bonds. The summed E-state index contributed by atoms with van der Waals surface area (Å²) in [7, 11) is 0. The van der Waals surface area contributed by atoms with Gasteiger partial charge in [-0.15, -0.1) is 0 Å². The van der Waals surface area contributed by atoms with E-state index in [1.165, 1.54) is 29.2 Å². The normalized spacial score (nSPS) is 24.9. The van der Waals surface area contributed by atoms with Crippen LogP contribution in [0.15, 0.2) is 30.3 Å². The number of piperidine rings is 1.